The number of rotatable bonds is 5. The van der Waals surface area contributed by atoms with Crippen molar-refractivity contribution in [2.75, 3.05) is 12.8 Å². The maximum atomic E-state index is 12.3. The van der Waals surface area contributed by atoms with Gasteiger partial charge in [-0.25, -0.2) is 13.4 Å². The van der Waals surface area contributed by atoms with Gasteiger partial charge in [-0.05, 0) is 49.2 Å². The highest BCUT2D eigenvalue weighted by molar-refractivity contribution is 7.90. The lowest BCUT2D eigenvalue weighted by atomic mass is 10.0. The molecule has 0 radical (unpaired) electrons. The van der Waals surface area contributed by atoms with E-state index in [1.165, 1.54) is 18.2 Å². The minimum atomic E-state index is -3.33. The van der Waals surface area contributed by atoms with E-state index in [4.69, 9.17) is 4.74 Å². The number of aromatic amines is 2. The first-order valence-electron chi connectivity index (χ1n) is 11.2. The molecule has 1 fully saturated rings. The molecule has 5 rings (SSSR count). The van der Waals surface area contributed by atoms with Gasteiger partial charge in [-0.15, -0.1) is 0 Å². The zero-order valence-electron chi connectivity index (χ0n) is 19.2. The number of ether oxygens (including phenoxy) is 1. The Labute approximate surface area is 201 Å². The fraction of sp³-hybridized carbons (Fsp3) is 0.240. The van der Waals surface area contributed by atoms with Gasteiger partial charge in [-0.3, -0.25) is 9.59 Å². The van der Waals surface area contributed by atoms with Crippen LogP contribution in [0.4, 0.5) is 0 Å². The third kappa shape index (κ3) is 4.57. The van der Waals surface area contributed by atoms with Gasteiger partial charge in [0.15, 0.2) is 15.7 Å². The number of amides is 1. The zero-order valence-corrected chi connectivity index (χ0v) is 20.1. The smallest absolute Gasteiger partial charge is 0.248 e. The molecule has 2 aromatic carbocycles. The molecule has 1 saturated heterocycles. The van der Waals surface area contributed by atoms with Crippen LogP contribution in [0.1, 0.15) is 31.4 Å². The van der Waals surface area contributed by atoms with E-state index in [1.54, 1.807) is 37.3 Å². The summed E-state index contributed by atoms with van der Waals surface area (Å²) in [7, 11) is -3.33. The number of likely N-dealkylation sites (tertiary alicyclic amines) is 1. The molecule has 9 nitrogen and oxygen atoms in total. The Hall–Kier alpha value is -3.92. The summed E-state index contributed by atoms with van der Waals surface area (Å²) in [6, 6.07) is 14.6. The van der Waals surface area contributed by atoms with Crippen LogP contribution in [-0.4, -0.2) is 47.0 Å². The van der Waals surface area contributed by atoms with Crippen LogP contribution in [0.15, 0.2) is 64.3 Å². The van der Waals surface area contributed by atoms with Gasteiger partial charge in [0, 0.05) is 37.4 Å². The molecule has 1 unspecified atom stereocenters. The number of fused-ring (bicyclic) bond motifs is 1. The first kappa shape index (κ1) is 22.9. The fourth-order valence-electron chi connectivity index (χ4n) is 4.47. The van der Waals surface area contributed by atoms with Crippen molar-refractivity contribution in [2.45, 2.75) is 30.7 Å². The number of aromatic nitrogens is 3. The van der Waals surface area contributed by atoms with E-state index in [0.717, 1.165) is 30.2 Å². The molecular formula is C25H24N4O5S. The second-order valence-corrected chi connectivity index (χ2v) is 10.7. The monoisotopic (exact) mass is 492 g/mol. The first-order chi connectivity index (χ1) is 16.7. The molecule has 2 aromatic heterocycles. The second-order valence-electron chi connectivity index (χ2n) is 8.64. The third-order valence-corrected chi connectivity index (χ3v) is 7.26. The summed E-state index contributed by atoms with van der Waals surface area (Å²) in [6.45, 7) is 2.22. The minimum Gasteiger partial charge on any atom is -0.457 e. The number of pyridine rings is 1. The molecule has 1 aliphatic heterocycles. The topological polar surface area (TPSA) is 125 Å². The summed E-state index contributed by atoms with van der Waals surface area (Å²) in [6.07, 6.45) is 2.83. The van der Waals surface area contributed by atoms with Crippen LogP contribution in [0.3, 0.4) is 0 Å². The lowest BCUT2D eigenvalue weighted by Gasteiger charge is -2.25. The van der Waals surface area contributed by atoms with Crippen LogP contribution in [0.5, 0.6) is 11.5 Å². The summed E-state index contributed by atoms with van der Waals surface area (Å²) >= 11 is 0. The van der Waals surface area contributed by atoms with Gasteiger partial charge < -0.3 is 19.6 Å². The van der Waals surface area contributed by atoms with Crippen molar-refractivity contribution >= 4 is 26.8 Å². The predicted molar refractivity (Wildman–Crippen MR) is 131 cm³/mol. The van der Waals surface area contributed by atoms with Gasteiger partial charge in [-0.1, -0.05) is 6.07 Å². The van der Waals surface area contributed by atoms with Crippen molar-refractivity contribution in [2.24, 2.45) is 0 Å². The van der Waals surface area contributed by atoms with Gasteiger partial charge >= 0.3 is 0 Å². The second kappa shape index (κ2) is 8.70. The Bertz CT molecular complexity index is 1590. The molecule has 1 atom stereocenters. The quantitative estimate of drug-likeness (QED) is 0.437. The number of imidazole rings is 1. The van der Waals surface area contributed by atoms with Crippen LogP contribution in [0.25, 0.3) is 22.6 Å². The summed E-state index contributed by atoms with van der Waals surface area (Å²) in [4.78, 5) is 36.7. The van der Waals surface area contributed by atoms with E-state index in [2.05, 4.69) is 15.0 Å². The van der Waals surface area contributed by atoms with Gasteiger partial charge in [0.05, 0.1) is 27.7 Å². The zero-order chi connectivity index (χ0) is 24.7. The largest absolute Gasteiger partial charge is 0.457 e. The van der Waals surface area contributed by atoms with Crippen molar-refractivity contribution in [3.8, 4) is 23.0 Å². The van der Waals surface area contributed by atoms with Crippen LogP contribution in [0, 0.1) is 0 Å². The van der Waals surface area contributed by atoms with E-state index in [-0.39, 0.29) is 22.4 Å². The highest BCUT2D eigenvalue weighted by Crippen LogP contribution is 2.41. The molecule has 1 aliphatic rings. The molecule has 0 bridgehead atoms. The number of nitrogens with zero attached hydrogens (tertiary/aromatic N) is 2. The van der Waals surface area contributed by atoms with Crippen LogP contribution in [0.2, 0.25) is 0 Å². The SMILES string of the molecule is CC(=O)N1CCCC1c1cc2[nH]c(-c3cccc(=O)[nH]3)nc2cc1Oc1ccc(S(C)(=O)=O)cc1. The van der Waals surface area contributed by atoms with Gasteiger partial charge in [0.25, 0.3) is 0 Å². The number of nitrogens with one attached hydrogen (secondary N) is 2. The number of carbonyl (C=O) groups excluding carboxylic acids is 1. The van der Waals surface area contributed by atoms with Crippen molar-refractivity contribution in [1.82, 2.24) is 19.9 Å². The maximum Gasteiger partial charge on any atom is 0.248 e. The Balaban J connectivity index is 1.60. The average molecular weight is 493 g/mol. The molecule has 4 aromatic rings. The van der Waals surface area contributed by atoms with E-state index in [9.17, 15) is 18.0 Å². The lowest BCUT2D eigenvalue weighted by molar-refractivity contribution is -0.129. The Morgan fingerprint density at radius 2 is 1.89 bits per heavy atom. The van der Waals surface area contributed by atoms with Gasteiger partial charge in [0.2, 0.25) is 11.5 Å². The maximum absolute atomic E-state index is 12.3. The van der Waals surface area contributed by atoms with E-state index in [0.29, 0.717) is 35.1 Å². The molecule has 10 heteroatoms. The summed E-state index contributed by atoms with van der Waals surface area (Å²) in [5, 5.41) is 0. The lowest BCUT2D eigenvalue weighted by Crippen LogP contribution is -2.28. The predicted octanol–water partition coefficient (Wildman–Crippen LogP) is 3.80. The summed E-state index contributed by atoms with van der Waals surface area (Å²) in [5.74, 6) is 1.49. The Morgan fingerprint density at radius 3 is 2.57 bits per heavy atom. The molecule has 2 N–H and O–H groups in total. The molecule has 3 heterocycles. The van der Waals surface area contributed by atoms with E-state index in [1.807, 2.05) is 11.0 Å². The molecule has 35 heavy (non-hydrogen) atoms. The van der Waals surface area contributed by atoms with E-state index >= 15 is 0 Å². The van der Waals surface area contributed by atoms with Crippen molar-refractivity contribution in [3.63, 3.8) is 0 Å². The number of hydrogen-bond donors (Lipinski definition) is 2. The average Bonchev–Trinajstić information content (AvgIpc) is 3.45. The number of hydrogen-bond acceptors (Lipinski definition) is 6. The Kier molecular flexibility index (Phi) is 5.68. The molecule has 0 aliphatic carbocycles. The number of H-pyrrole nitrogens is 2. The molecule has 0 saturated carbocycles. The molecule has 1 amide bonds. The Morgan fingerprint density at radius 1 is 1.11 bits per heavy atom. The van der Waals surface area contributed by atoms with Crippen molar-refractivity contribution in [3.05, 3.63) is 70.5 Å². The van der Waals surface area contributed by atoms with Crippen molar-refractivity contribution < 1.29 is 17.9 Å². The van der Waals surface area contributed by atoms with E-state index < -0.39 is 9.84 Å². The summed E-state index contributed by atoms with van der Waals surface area (Å²) < 4.78 is 29.8. The normalized spacial score (nSPS) is 16.1. The molecular weight excluding hydrogens is 468 g/mol. The minimum absolute atomic E-state index is 0.0109. The third-order valence-electron chi connectivity index (χ3n) is 6.13. The first-order valence-corrected chi connectivity index (χ1v) is 13.1. The van der Waals surface area contributed by atoms with Crippen LogP contribution in [-0.2, 0) is 14.6 Å². The number of carbonyl (C=O) groups is 1. The van der Waals surface area contributed by atoms with Crippen molar-refractivity contribution in [1.29, 1.82) is 0 Å². The van der Waals surface area contributed by atoms with Gasteiger partial charge in [-0.2, -0.15) is 0 Å². The molecule has 180 valence electrons. The van der Waals surface area contributed by atoms with Gasteiger partial charge in [0.1, 0.15) is 11.5 Å². The number of sulfone groups is 1. The van der Waals surface area contributed by atoms with Crippen LogP contribution < -0.4 is 10.3 Å². The van der Waals surface area contributed by atoms with Crippen LogP contribution >= 0.6 is 0 Å². The number of benzene rings is 2. The molecule has 0 spiro atoms. The standard InChI is InChI=1S/C25H24N4O5S/c1-15(30)29-12-4-6-22(29)18-13-20-21(28-25(27-20)19-5-3-7-24(31)26-19)14-23(18)34-16-8-10-17(11-9-16)35(2,32)33/h3,5,7-11,13-14,22H,4,6,12H2,1-2H3,(H,26,31)(H,27,28). The highest BCUT2D eigenvalue weighted by Gasteiger charge is 2.31. The summed E-state index contributed by atoms with van der Waals surface area (Å²) in [5.41, 5.74) is 2.53. The highest BCUT2D eigenvalue weighted by atomic mass is 32.2. The fourth-order valence-corrected chi connectivity index (χ4v) is 5.10.